The third-order valence-electron chi connectivity index (χ3n) is 10.9. The van der Waals surface area contributed by atoms with Gasteiger partial charge in [-0.2, -0.15) is 0 Å². The SMILES string of the molecule is C=C(Oc1ccc(C)nc1N)c1cccc(-c2ccc3c(c2)c(-c2cccc4ccccc24)cc2c4ccccc4c(-c4cccc5ccccc45)cc32)c1. The molecule has 0 aliphatic carbocycles. The number of anilines is 1. The summed E-state index contributed by atoms with van der Waals surface area (Å²) in [6.45, 7) is 6.16. The van der Waals surface area contributed by atoms with Crippen molar-refractivity contribution >= 4 is 65.4 Å². The van der Waals surface area contributed by atoms with Crippen LogP contribution in [0.4, 0.5) is 5.82 Å². The van der Waals surface area contributed by atoms with Gasteiger partial charge in [0.05, 0.1) is 0 Å². The third-order valence-corrected chi connectivity index (χ3v) is 10.9. The molecule has 0 spiro atoms. The molecule has 0 radical (unpaired) electrons. The van der Waals surface area contributed by atoms with E-state index in [-0.39, 0.29) is 0 Å². The fraction of sp³-hybridized carbons (Fsp3) is 0.0192. The first kappa shape index (κ1) is 32.4. The number of ether oxygens (including phenoxy) is 1. The molecule has 1 heterocycles. The smallest absolute Gasteiger partial charge is 0.169 e. The Hall–Kier alpha value is -7.23. The number of fused-ring (bicyclic) bond motifs is 7. The largest absolute Gasteiger partial charge is 0.453 e. The van der Waals surface area contributed by atoms with Crippen LogP contribution in [0.3, 0.4) is 0 Å². The Morgan fingerprint density at radius 1 is 0.455 bits per heavy atom. The number of aryl methyl sites for hydroxylation is 1. The molecule has 3 heteroatoms. The lowest BCUT2D eigenvalue weighted by Gasteiger charge is -2.18. The molecule has 10 aromatic rings. The van der Waals surface area contributed by atoms with E-state index in [0.717, 1.165) is 22.4 Å². The van der Waals surface area contributed by atoms with E-state index in [1.807, 2.05) is 25.1 Å². The first-order valence-electron chi connectivity index (χ1n) is 18.6. The molecule has 2 N–H and O–H groups in total. The summed E-state index contributed by atoms with van der Waals surface area (Å²) in [6.07, 6.45) is 0. The molecule has 0 unspecified atom stereocenters. The van der Waals surface area contributed by atoms with Gasteiger partial charge in [0.2, 0.25) is 0 Å². The Morgan fingerprint density at radius 2 is 1.00 bits per heavy atom. The summed E-state index contributed by atoms with van der Waals surface area (Å²) in [4.78, 5) is 4.35. The normalized spacial score (nSPS) is 11.5. The van der Waals surface area contributed by atoms with Crippen LogP contribution in [0.25, 0.3) is 93.0 Å². The number of rotatable bonds is 6. The molecule has 9 aromatic carbocycles. The van der Waals surface area contributed by atoms with Crippen LogP contribution in [0.15, 0.2) is 183 Å². The minimum atomic E-state index is 0.344. The standard InChI is InChI=1S/C52H36N2O/c1-32-24-27-51(52(53)54-32)55-33(2)36-16-9-17-37(28-36)38-25-26-45-46(29-38)48(42-23-11-15-35-13-4-6-19-40(35)42)31-49-44-21-8-7-20-43(44)47(30-50(45)49)41-22-10-14-34-12-3-5-18-39(34)41/h3-31H,2H2,1H3,(H2,53,54). The molecule has 0 aliphatic heterocycles. The molecule has 0 bridgehead atoms. The Morgan fingerprint density at radius 3 is 1.67 bits per heavy atom. The Kier molecular flexibility index (Phi) is 7.67. The van der Waals surface area contributed by atoms with Crippen LogP contribution in [0.2, 0.25) is 0 Å². The van der Waals surface area contributed by atoms with E-state index in [4.69, 9.17) is 10.5 Å². The minimum absolute atomic E-state index is 0.344. The molecule has 0 fully saturated rings. The van der Waals surface area contributed by atoms with Gasteiger partial charge < -0.3 is 10.5 Å². The highest BCUT2D eigenvalue weighted by Gasteiger charge is 2.18. The van der Waals surface area contributed by atoms with E-state index in [1.165, 1.54) is 76.1 Å². The van der Waals surface area contributed by atoms with Crippen molar-refractivity contribution in [2.75, 3.05) is 5.73 Å². The van der Waals surface area contributed by atoms with Crippen LogP contribution in [0, 0.1) is 6.92 Å². The van der Waals surface area contributed by atoms with E-state index >= 15 is 0 Å². The maximum absolute atomic E-state index is 6.18. The van der Waals surface area contributed by atoms with E-state index in [9.17, 15) is 0 Å². The fourth-order valence-corrected chi connectivity index (χ4v) is 8.26. The van der Waals surface area contributed by atoms with Crippen molar-refractivity contribution in [3.05, 3.63) is 194 Å². The van der Waals surface area contributed by atoms with E-state index < -0.39 is 0 Å². The van der Waals surface area contributed by atoms with Crippen LogP contribution in [-0.2, 0) is 0 Å². The van der Waals surface area contributed by atoms with Crippen LogP contribution < -0.4 is 10.5 Å². The highest BCUT2D eigenvalue weighted by Crippen LogP contribution is 2.45. The molecule has 0 saturated heterocycles. The molecule has 0 saturated carbocycles. The fourth-order valence-electron chi connectivity index (χ4n) is 8.26. The van der Waals surface area contributed by atoms with Crippen molar-refractivity contribution in [1.29, 1.82) is 0 Å². The van der Waals surface area contributed by atoms with Gasteiger partial charge in [-0.05, 0) is 131 Å². The van der Waals surface area contributed by atoms with Crippen molar-refractivity contribution in [3.8, 4) is 39.1 Å². The Balaban J connectivity index is 1.22. The zero-order valence-electron chi connectivity index (χ0n) is 30.4. The van der Waals surface area contributed by atoms with Gasteiger partial charge in [0.25, 0.3) is 0 Å². The molecular formula is C52H36N2O. The van der Waals surface area contributed by atoms with Gasteiger partial charge in [0.15, 0.2) is 11.6 Å². The summed E-state index contributed by atoms with van der Waals surface area (Å²) in [5.41, 5.74) is 14.9. The number of pyridine rings is 1. The average molecular weight is 705 g/mol. The highest BCUT2D eigenvalue weighted by atomic mass is 16.5. The second kappa shape index (κ2) is 13.0. The molecule has 0 aliphatic rings. The van der Waals surface area contributed by atoms with Crippen molar-refractivity contribution in [2.24, 2.45) is 0 Å². The number of nitrogens with zero attached hydrogens (tertiary/aromatic N) is 1. The van der Waals surface area contributed by atoms with Crippen molar-refractivity contribution in [1.82, 2.24) is 4.98 Å². The summed E-state index contributed by atoms with van der Waals surface area (Å²) in [5, 5.41) is 12.3. The van der Waals surface area contributed by atoms with Crippen molar-refractivity contribution in [3.63, 3.8) is 0 Å². The monoisotopic (exact) mass is 704 g/mol. The highest BCUT2D eigenvalue weighted by molar-refractivity contribution is 6.25. The van der Waals surface area contributed by atoms with Crippen LogP contribution >= 0.6 is 0 Å². The topological polar surface area (TPSA) is 48.1 Å². The van der Waals surface area contributed by atoms with Gasteiger partial charge in [-0.25, -0.2) is 4.98 Å². The lowest BCUT2D eigenvalue weighted by Crippen LogP contribution is -2.00. The second-order valence-electron chi connectivity index (χ2n) is 14.2. The predicted molar refractivity (Wildman–Crippen MR) is 233 cm³/mol. The summed E-state index contributed by atoms with van der Waals surface area (Å²) in [7, 11) is 0. The lowest BCUT2D eigenvalue weighted by atomic mass is 9.85. The van der Waals surface area contributed by atoms with Gasteiger partial charge in [-0.1, -0.05) is 146 Å². The molecule has 0 atom stereocenters. The third kappa shape index (κ3) is 5.57. The molecule has 10 rings (SSSR count). The van der Waals surface area contributed by atoms with E-state index in [1.54, 1.807) is 0 Å². The summed E-state index contributed by atoms with van der Waals surface area (Å²) in [5.74, 6) is 1.35. The number of hydrogen-bond acceptors (Lipinski definition) is 3. The zero-order chi connectivity index (χ0) is 37.0. The summed E-state index contributed by atoms with van der Waals surface area (Å²) in [6, 6.07) is 63.3. The first-order valence-corrected chi connectivity index (χ1v) is 18.6. The molecule has 260 valence electrons. The van der Waals surface area contributed by atoms with Gasteiger partial charge >= 0.3 is 0 Å². The van der Waals surface area contributed by atoms with E-state index in [2.05, 4.69) is 169 Å². The molecule has 3 nitrogen and oxygen atoms in total. The number of hydrogen-bond donors (Lipinski definition) is 1. The number of aromatic nitrogens is 1. The molecule has 55 heavy (non-hydrogen) atoms. The second-order valence-corrected chi connectivity index (χ2v) is 14.2. The summed E-state index contributed by atoms with van der Waals surface area (Å²) >= 11 is 0. The number of benzene rings is 9. The average Bonchev–Trinajstić information content (AvgIpc) is 3.23. The molecule has 0 amide bonds. The van der Waals surface area contributed by atoms with Gasteiger partial charge in [0, 0.05) is 11.3 Å². The van der Waals surface area contributed by atoms with E-state index in [0.29, 0.717) is 17.3 Å². The van der Waals surface area contributed by atoms with Crippen molar-refractivity contribution in [2.45, 2.75) is 6.92 Å². The summed E-state index contributed by atoms with van der Waals surface area (Å²) < 4.78 is 6.14. The van der Waals surface area contributed by atoms with Gasteiger partial charge in [-0.3, -0.25) is 0 Å². The quantitative estimate of drug-likeness (QED) is 0.138. The number of nitrogens with two attached hydrogens (primary N) is 1. The molecular weight excluding hydrogens is 669 g/mol. The molecule has 1 aromatic heterocycles. The number of nitrogen functional groups attached to an aromatic ring is 1. The lowest BCUT2D eigenvalue weighted by molar-refractivity contribution is 0.517. The first-order chi connectivity index (χ1) is 27.0. The van der Waals surface area contributed by atoms with Crippen LogP contribution in [0.5, 0.6) is 5.75 Å². The van der Waals surface area contributed by atoms with Crippen LogP contribution in [-0.4, -0.2) is 4.98 Å². The zero-order valence-corrected chi connectivity index (χ0v) is 30.4. The van der Waals surface area contributed by atoms with Gasteiger partial charge in [-0.15, -0.1) is 0 Å². The Labute approximate surface area is 319 Å². The van der Waals surface area contributed by atoms with Crippen LogP contribution in [0.1, 0.15) is 11.3 Å². The maximum Gasteiger partial charge on any atom is 0.169 e. The maximum atomic E-state index is 6.18. The Bertz CT molecular complexity index is 3170. The predicted octanol–water partition coefficient (Wildman–Crippen LogP) is 13.8. The van der Waals surface area contributed by atoms with Gasteiger partial charge in [0.1, 0.15) is 5.76 Å². The minimum Gasteiger partial charge on any atom is -0.453 e. The van der Waals surface area contributed by atoms with Crippen molar-refractivity contribution < 1.29 is 4.74 Å².